The molecule has 0 amide bonds. The molecule has 1 aromatic rings. The molecule has 8 heteroatoms. The van der Waals surface area contributed by atoms with Gasteiger partial charge in [-0.25, -0.2) is 9.59 Å². The Kier molecular flexibility index (Phi) is 8.44. The molecule has 0 saturated carbocycles. The molecule has 2 rings (SSSR count). The van der Waals surface area contributed by atoms with Crippen LogP contribution in [0.2, 0.25) is 18.1 Å². The maximum absolute atomic E-state index is 12.9. The van der Waals surface area contributed by atoms with Crippen molar-refractivity contribution in [2.45, 2.75) is 76.8 Å². The molecule has 1 heterocycles. The summed E-state index contributed by atoms with van der Waals surface area (Å²) in [4.78, 5) is 24.5. The Morgan fingerprint density at radius 2 is 1.78 bits per heavy atom. The lowest BCUT2D eigenvalue weighted by atomic mass is 10.1. The molecule has 1 aromatic carbocycles. The van der Waals surface area contributed by atoms with E-state index in [0.29, 0.717) is 5.56 Å². The Bertz CT molecular complexity index is 811. The van der Waals surface area contributed by atoms with Crippen molar-refractivity contribution in [2.75, 3.05) is 13.7 Å². The van der Waals surface area contributed by atoms with E-state index in [2.05, 4.69) is 38.6 Å². The Morgan fingerprint density at radius 3 is 2.34 bits per heavy atom. The van der Waals surface area contributed by atoms with Crippen LogP contribution in [0.15, 0.2) is 42.5 Å². The summed E-state index contributed by atoms with van der Waals surface area (Å²) in [6, 6.07) is 8.77. The summed E-state index contributed by atoms with van der Waals surface area (Å²) in [7, 11) is -0.825. The van der Waals surface area contributed by atoms with Crippen LogP contribution in [0.5, 0.6) is 0 Å². The van der Waals surface area contributed by atoms with Gasteiger partial charge >= 0.3 is 11.9 Å². The molecule has 0 N–H and O–H groups in total. The number of carbonyl (C=O) groups excluding carboxylic acids is 2. The summed E-state index contributed by atoms with van der Waals surface area (Å²) in [6.45, 7) is 14.4. The van der Waals surface area contributed by atoms with Gasteiger partial charge in [0.25, 0.3) is 0 Å². The fourth-order valence-electron chi connectivity index (χ4n) is 2.98. The van der Waals surface area contributed by atoms with E-state index in [1.807, 2.05) is 6.07 Å². The lowest BCUT2D eigenvalue weighted by Crippen LogP contribution is -2.47. The van der Waals surface area contributed by atoms with Crippen molar-refractivity contribution in [3.8, 4) is 0 Å². The van der Waals surface area contributed by atoms with Crippen molar-refractivity contribution in [1.82, 2.24) is 0 Å². The molecule has 32 heavy (non-hydrogen) atoms. The zero-order valence-electron chi connectivity index (χ0n) is 20.3. The molecule has 1 aliphatic rings. The third-order valence-corrected chi connectivity index (χ3v) is 10.3. The number of carbonyl (C=O) groups is 2. The van der Waals surface area contributed by atoms with Gasteiger partial charge in [-0.05, 0) is 50.2 Å². The zero-order chi connectivity index (χ0) is 24.2. The van der Waals surface area contributed by atoms with Crippen molar-refractivity contribution < 1.29 is 33.0 Å². The van der Waals surface area contributed by atoms with Gasteiger partial charge in [0.2, 0.25) is 0 Å². The van der Waals surface area contributed by atoms with Crippen LogP contribution in [0.4, 0.5) is 0 Å². The van der Waals surface area contributed by atoms with Gasteiger partial charge in [-0.3, -0.25) is 0 Å². The minimum absolute atomic E-state index is 0.0164. The highest BCUT2D eigenvalue weighted by Crippen LogP contribution is 2.38. The molecule has 1 fully saturated rings. The molecule has 7 nitrogen and oxygen atoms in total. The summed E-state index contributed by atoms with van der Waals surface area (Å²) in [5.74, 6) is -1.91. The van der Waals surface area contributed by atoms with Crippen molar-refractivity contribution in [3.63, 3.8) is 0 Å². The first-order valence-corrected chi connectivity index (χ1v) is 13.7. The Balaban J connectivity index is 2.31. The van der Waals surface area contributed by atoms with E-state index < -0.39 is 44.4 Å². The predicted octanol–water partition coefficient (Wildman–Crippen LogP) is 4.48. The normalized spacial score (nSPS) is 22.0. The van der Waals surface area contributed by atoms with Gasteiger partial charge in [0.15, 0.2) is 20.2 Å². The molecule has 0 aromatic heterocycles. The van der Waals surface area contributed by atoms with Gasteiger partial charge in [-0.1, -0.05) is 39.0 Å². The third-order valence-electron chi connectivity index (χ3n) is 5.84. The van der Waals surface area contributed by atoms with Crippen LogP contribution in [0.1, 0.15) is 45.0 Å². The topological polar surface area (TPSA) is 80.3 Å². The van der Waals surface area contributed by atoms with Gasteiger partial charge < -0.3 is 23.4 Å². The summed E-state index contributed by atoms with van der Waals surface area (Å²) >= 11 is 0. The first-order chi connectivity index (χ1) is 14.8. The molecule has 1 aliphatic heterocycles. The van der Waals surface area contributed by atoms with Crippen LogP contribution >= 0.6 is 0 Å². The molecule has 3 atom stereocenters. The van der Waals surface area contributed by atoms with E-state index >= 15 is 0 Å². The number of hydrogen-bond acceptors (Lipinski definition) is 7. The van der Waals surface area contributed by atoms with Crippen molar-refractivity contribution in [3.05, 3.63) is 48.0 Å². The van der Waals surface area contributed by atoms with Crippen LogP contribution in [-0.2, 0) is 28.2 Å². The Hall–Kier alpha value is -2.00. The fourth-order valence-corrected chi connectivity index (χ4v) is 3.99. The van der Waals surface area contributed by atoms with Crippen LogP contribution in [0.25, 0.3) is 0 Å². The molecule has 0 radical (unpaired) electrons. The monoisotopic (exact) mass is 464 g/mol. The van der Waals surface area contributed by atoms with Crippen LogP contribution in [0.3, 0.4) is 0 Å². The van der Waals surface area contributed by atoms with Gasteiger partial charge in [-0.2, -0.15) is 0 Å². The quantitative estimate of drug-likeness (QED) is 0.319. The van der Waals surface area contributed by atoms with E-state index in [4.69, 9.17) is 18.6 Å². The SMILES string of the molecule is COC(=O)/C=C\[C@@H]1OC(C)(C)O[C@@H]1[C@@H](CO[Si](C)(C)C(C)(C)C)OC(=O)c1ccccc1. The smallest absolute Gasteiger partial charge is 0.338 e. The first kappa shape index (κ1) is 26.3. The van der Waals surface area contributed by atoms with Gasteiger partial charge in [0.05, 0.1) is 19.3 Å². The third kappa shape index (κ3) is 7.00. The maximum Gasteiger partial charge on any atom is 0.338 e. The van der Waals surface area contributed by atoms with Crippen LogP contribution in [-0.4, -0.2) is 58.1 Å². The Labute approximate surface area is 192 Å². The van der Waals surface area contributed by atoms with Gasteiger partial charge in [-0.15, -0.1) is 0 Å². The predicted molar refractivity (Wildman–Crippen MR) is 124 cm³/mol. The molecule has 0 spiro atoms. The molecule has 0 bridgehead atoms. The zero-order valence-corrected chi connectivity index (χ0v) is 21.3. The maximum atomic E-state index is 12.9. The van der Waals surface area contributed by atoms with Crippen molar-refractivity contribution in [1.29, 1.82) is 0 Å². The highest BCUT2D eigenvalue weighted by atomic mass is 28.4. The molecular weight excluding hydrogens is 428 g/mol. The summed E-state index contributed by atoms with van der Waals surface area (Å²) < 4.78 is 29.0. The summed E-state index contributed by atoms with van der Waals surface area (Å²) in [6.07, 6.45) is 0.823. The summed E-state index contributed by atoms with van der Waals surface area (Å²) in [5.41, 5.74) is 0.435. The van der Waals surface area contributed by atoms with Crippen LogP contribution < -0.4 is 0 Å². The Morgan fingerprint density at radius 1 is 1.16 bits per heavy atom. The van der Waals surface area contributed by atoms with Crippen molar-refractivity contribution in [2.24, 2.45) is 0 Å². The number of esters is 2. The second-order valence-corrected chi connectivity index (χ2v) is 14.6. The average molecular weight is 465 g/mol. The number of ether oxygens (including phenoxy) is 4. The average Bonchev–Trinajstić information content (AvgIpc) is 3.03. The second kappa shape index (κ2) is 10.3. The second-order valence-electron chi connectivity index (χ2n) is 9.83. The first-order valence-electron chi connectivity index (χ1n) is 10.8. The van der Waals surface area contributed by atoms with Crippen molar-refractivity contribution >= 4 is 20.3 Å². The number of rotatable bonds is 8. The van der Waals surface area contributed by atoms with E-state index in [0.717, 1.165) is 0 Å². The summed E-state index contributed by atoms with van der Waals surface area (Å²) in [5, 5.41) is -0.0164. The number of methoxy groups -OCH3 is 1. The minimum atomic E-state index is -2.13. The molecular formula is C24H36O7Si. The van der Waals surface area contributed by atoms with Gasteiger partial charge in [0, 0.05) is 6.08 Å². The lowest BCUT2D eigenvalue weighted by Gasteiger charge is -2.38. The number of benzene rings is 1. The van der Waals surface area contributed by atoms with Gasteiger partial charge in [0.1, 0.15) is 12.2 Å². The van der Waals surface area contributed by atoms with E-state index in [1.165, 1.54) is 13.2 Å². The van der Waals surface area contributed by atoms with Crippen LogP contribution in [0, 0.1) is 0 Å². The van der Waals surface area contributed by atoms with E-state index in [9.17, 15) is 9.59 Å². The number of hydrogen-bond donors (Lipinski definition) is 0. The highest BCUT2D eigenvalue weighted by Gasteiger charge is 2.47. The standard InChI is InChI=1S/C24H36O7Si/c1-23(2,3)32(7,8)28-16-19(29-22(26)17-12-10-9-11-13-17)21-18(14-15-20(25)27-6)30-24(4,5)31-21/h9-15,18-19,21H,16H2,1-8H3/b15-14-/t18-,19+,21-/m0/s1. The van der Waals surface area contributed by atoms with E-state index in [-0.39, 0.29) is 11.6 Å². The molecule has 0 aliphatic carbocycles. The largest absolute Gasteiger partial charge is 0.466 e. The molecule has 178 valence electrons. The fraction of sp³-hybridized carbons (Fsp3) is 0.583. The van der Waals surface area contributed by atoms with E-state index in [1.54, 1.807) is 44.2 Å². The minimum Gasteiger partial charge on any atom is -0.466 e. The lowest BCUT2D eigenvalue weighted by molar-refractivity contribution is -0.156. The molecule has 0 unspecified atom stereocenters. The molecule has 1 saturated heterocycles. The highest BCUT2D eigenvalue weighted by molar-refractivity contribution is 6.74.